The Morgan fingerprint density at radius 2 is 1.79 bits per heavy atom. The largest absolute Gasteiger partial charge is 0.454 e. The Hall–Kier alpha value is -1.53. The first-order valence-corrected chi connectivity index (χ1v) is 11.2. The summed E-state index contributed by atoms with van der Waals surface area (Å²) in [5, 5.41) is 4.54. The van der Waals surface area contributed by atoms with Gasteiger partial charge in [-0.3, -0.25) is 0 Å². The molecule has 0 bridgehead atoms. The van der Waals surface area contributed by atoms with Gasteiger partial charge in [-0.25, -0.2) is 0 Å². The number of ether oxygens (including phenoxy) is 3. The molecule has 0 spiro atoms. The quantitative estimate of drug-likeness (QED) is 0.735. The van der Waals surface area contributed by atoms with Gasteiger partial charge in [0.25, 0.3) is 0 Å². The number of nitrogens with zero attached hydrogens (tertiary/aromatic N) is 1. The number of hydrogen-bond acceptors (Lipinski definition) is 4. The molecule has 1 N–H and O–H groups in total. The van der Waals surface area contributed by atoms with E-state index in [2.05, 4.69) is 22.3 Å². The molecule has 2 fully saturated rings. The molecule has 6 heteroatoms. The van der Waals surface area contributed by atoms with E-state index in [0.29, 0.717) is 12.8 Å². The van der Waals surface area contributed by atoms with Crippen LogP contribution in [0.25, 0.3) is 0 Å². The lowest BCUT2D eigenvalue weighted by Crippen LogP contribution is -2.47. The SMILES string of the molecule is S=C(NC1CCCCCCC1)N(Cc1ccc2c(c1)OCO2)CC1CCCO1. The molecule has 1 unspecified atom stereocenters. The zero-order valence-electron chi connectivity index (χ0n) is 16.7. The zero-order valence-corrected chi connectivity index (χ0v) is 17.5. The second kappa shape index (κ2) is 9.79. The predicted octanol–water partition coefficient (Wildman–Crippen LogP) is 4.38. The van der Waals surface area contributed by atoms with Crippen molar-refractivity contribution in [2.45, 2.75) is 76.5 Å². The Kier molecular flexibility index (Phi) is 6.91. The molecule has 1 atom stereocenters. The molecule has 28 heavy (non-hydrogen) atoms. The molecule has 3 aliphatic rings. The second-order valence-corrected chi connectivity index (χ2v) is 8.58. The van der Waals surface area contributed by atoms with Crippen LogP contribution in [-0.4, -0.2) is 42.1 Å². The van der Waals surface area contributed by atoms with Crippen molar-refractivity contribution in [1.82, 2.24) is 10.2 Å². The number of thiocarbonyl (C=S) groups is 1. The van der Waals surface area contributed by atoms with Gasteiger partial charge in [-0.05, 0) is 55.6 Å². The first kappa shape index (κ1) is 19.8. The van der Waals surface area contributed by atoms with Gasteiger partial charge in [0.05, 0.1) is 6.10 Å². The molecule has 4 rings (SSSR count). The van der Waals surface area contributed by atoms with E-state index >= 15 is 0 Å². The zero-order chi connectivity index (χ0) is 19.2. The molecule has 2 aliphatic heterocycles. The van der Waals surface area contributed by atoms with Crippen molar-refractivity contribution in [2.75, 3.05) is 19.9 Å². The van der Waals surface area contributed by atoms with E-state index in [1.165, 1.54) is 50.5 Å². The van der Waals surface area contributed by atoms with Gasteiger partial charge in [0, 0.05) is 25.7 Å². The Morgan fingerprint density at radius 1 is 1.00 bits per heavy atom. The average Bonchev–Trinajstić information content (AvgIpc) is 3.34. The van der Waals surface area contributed by atoms with Crippen molar-refractivity contribution >= 4 is 17.3 Å². The fourth-order valence-corrected chi connectivity index (χ4v) is 4.69. The summed E-state index contributed by atoms with van der Waals surface area (Å²) in [6.45, 7) is 2.77. The summed E-state index contributed by atoms with van der Waals surface area (Å²) in [5.41, 5.74) is 1.18. The molecular weight excluding hydrogens is 372 g/mol. The smallest absolute Gasteiger partial charge is 0.231 e. The lowest BCUT2D eigenvalue weighted by atomic mass is 9.97. The maximum atomic E-state index is 5.90. The van der Waals surface area contributed by atoms with Crippen molar-refractivity contribution in [3.63, 3.8) is 0 Å². The van der Waals surface area contributed by atoms with Crippen molar-refractivity contribution in [1.29, 1.82) is 0 Å². The summed E-state index contributed by atoms with van der Waals surface area (Å²) in [6.07, 6.45) is 11.6. The molecule has 0 aromatic heterocycles. The highest BCUT2D eigenvalue weighted by molar-refractivity contribution is 7.80. The third-order valence-electron chi connectivity index (χ3n) is 5.98. The molecule has 154 valence electrons. The van der Waals surface area contributed by atoms with Gasteiger partial charge in [-0.2, -0.15) is 0 Å². The highest BCUT2D eigenvalue weighted by Gasteiger charge is 2.23. The van der Waals surface area contributed by atoms with Crippen LogP contribution in [0.2, 0.25) is 0 Å². The monoisotopic (exact) mass is 404 g/mol. The van der Waals surface area contributed by atoms with Crippen molar-refractivity contribution in [3.05, 3.63) is 23.8 Å². The molecule has 5 nitrogen and oxygen atoms in total. The Morgan fingerprint density at radius 3 is 2.57 bits per heavy atom. The number of fused-ring (bicyclic) bond motifs is 1. The normalized spacial score (nSPS) is 22.5. The van der Waals surface area contributed by atoms with E-state index in [1.54, 1.807) is 0 Å². The van der Waals surface area contributed by atoms with Gasteiger partial charge in [0.15, 0.2) is 16.6 Å². The van der Waals surface area contributed by atoms with E-state index in [0.717, 1.165) is 49.1 Å². The number of benzene rings is 1. The summed E-state index contributed by atoms with van der Waals surface area (Å²) in [5.74, 6) is 1.65. The molecule has 1 saturated heterocycles. The van der Waals surface area contributed by atoms with Gasteiger partial charge >= 0.3 is 0 Å². The van der Waals surface area contributed by atoms with Gasteiger partial charge in [0.2, 0.25) is 6.79 Å². The van der Waals surface area contributed by atoms with Crippen molar-refractivity contribution in [3.8, 4) is 11.5 Å². The molecule has 1 aromatic rings. The fourth-order valence-electron chi connectivity index (χ4n) is 4.38. The predicted molar refractivity (Wildman–Crippen MR) is 114 cm³/mol. The first-order chi connectivity index (χ1) is 13.8. The molecule has 1 saturated carbocycles. The Balaban J connectivity index is 1.42. The maximum Gasteiger partial charge on any atom is 0.231 e. The summed E-state index contributed by atoms with van der Waals surface area (Å²) in [4.78, 5) is 2.28. The topological polar surface area (TPSA) is 43.0 Å². The second-order valence-electron chi connectivity index (χ2n) is 8.19. The average molecular weight is 405 g/mol. The summed E-state index contributed by atoms with van der Waals surface area (Å²) in [6, 6.07) is 6.67. The lowest BCUT2D eigenvalue weighted by molar-refractivity contribution is 0.0895. The molecular formula is C22H32N2O3S. The van der Waals surface area contributed by atoms with Crippen LogP contribution in [0.4, 0.5) is 0 Å². The summed E-state index contributed by atoms with van der Waals surface area (Å²) >= 11 is 5.87. The molecule has 2 heterocycles. The maximum absolute atomic E-state index is 5.90. The van der Waals surface area contributed by atoms with Crippen molar-refractivity contribution in [2.24, 2.45) is 0 Å². The van der Waals surface area contributed by atoms with Crippen LogP contribution >= 0.6 is 12.2 Å². The summed E-state index contributed by atoms with van der Waals surface area (Å²) in [7, 11) is 0. The molecule has 0 amide bonds. The van der Waals surface area contributed by atoms with E-state index in [-0.39, 0.29) is 6.10 Å². The molecule has 0 radical (unpaired) electrons. The van der Waals surface area contributed by atoms with Gasteiger partial charge in [0.1, 0.15) is 0 Å². The molecule has 1 aromatic carbocycles. The Bertz CT molecular complexity index is 655. The van der Waals surface area contributed by atoms with E-state index in [4.69, 9.17) is 26.4 Å². The van der Waals surface area contributed by atoms with E-state index in [1.807, 2.05) is 6.07 Å². The third kappa shape index (κ3) is 5.29. The first-order valence-electron chi connectivity index (χ1n) is 10.8. The standard InChI is InChI=1S/C22H32N2O3S/c28-22(23-18-7-4-2-1-3-5-8-18)24(15-19-9-6-12-25-19)14-17-10-11-20-21(13-17)27-16-26-20/h10-11,13,18-19H,1-9,12,14-16H2,(H,23,28). The Labute approximate surface area is 173 Å². The van der Waals surface area contributed by atoms with Gasteiger partial charge < -0.3 is 24.4 Å². The van der Waals surface area contributed by atoms with E-state index < -0.39 is 0 Å². The highest BCUT2D eigenvalue weighted by Crippen LogP contribution is 2.33. The number of rotatable bonds is 5. The van der Waals surface area contributed by atoms with Crippen LogP contribution in [0.3, 0.4) is 0 Å². The fraction of sp³-hybridized carbons (Fsp3) is 0.682. The number of nitrogens with one attached hydrogen (secondary N) is 1. The van der Waals surface area contributed by atoms with Crippen LogP contribution in [0.1, 0.15) is 63.4 Å². The van der Waals surface area contributed by atoms with Crippen LogP contribution in [0.5, 0.6) is 11.5 Å². The van der Waals surface area contributed by atoms with Crippen molar-refractivity contribution < 1.29 is 14.2 Å². The van der Waals surface area contributed by atoms with Crippen LogP contribution < -0.4 is 14.8 Å². The summed E-state index contributed by atoms with van der Waals surface area (Å²) < 4.78 is 16.9. The third-order valence-corrected chi connectivity index (χ3v) is 6.35. The van der Waals surface area contributed by atoms with Crippen LogP contribution in [0.15, 0.2) is 18.2 Å². The minimum Gasteiger partial charge on any atom is -0.454 e. The minimum atomic E-state index is 0.270. The van der Waals surface area contributed by atoms with Gasteiger partial charge in [-0.15, -0.1) is 0 Å². The van der Waals surface area contributed by atoms with Crippen LogP contribution in [0, 0.1) is 0 Å². The molecule has 1 aliphatic carbocycles. The lowest BCUT2D eigenvalue weighted by Gasteiger charge is -2.31. The van der Waals surface area contributed by atoms with Gasteiger partial charge in [-0.1, -0.05) is 38.2 Å². The number of hydrogen-bond donors (Lipinski definition) is 1. The van der Waals surface area contributed by atoms with Crippen LogP contribution in [-0.2, 0) is 11.3 Å². The van der Waals surface area contributed by atoms with E-state index in [9.17, 15) is 0 Å². The highest BCUT2D eigenvalue weighted by atomic mass is 32.1. The minimum absolute atomic E-state index is 0.270.